The van der Waals surface area contributed by atoms with Crippen LogP contribution in [0.5, 0.6) is 0 Å². The van der Waals surface area contributed by atoms with Crippen LogP contribution in [0.4, 0.5) is 15.2 Å². The summed E-state index contributed by atoms with van der Waals surface area (Å²) in [6, 6.07) is 4.57. The fourth-order valence-electron chi connectivity index (χ4n) is 1.16. The van der Waals surface area contributed by atoms with Crippen molar-refractivity contribution in [3.05, 3.63) is 29.0 Å². The van der Waals surface area contributed by atoms with Gasteiger partial charge in [0, 0.05) is 0 Å². The Labute approximate surface area is 120 Å². The maximum absolute atomic E-state index is 13.6. The first-order valence-corrected chi connectivity index (χ1v) is 7.13. The molecule has 2 rings (SSSR count). The Morgan fingerprint density at radius 3 is 3.05 bits per heavy atom. The molecule has 0 bridgehead atoms. The van der Waals surface area contributed by atoms with Gasteiger partial charge in [0.15, 0.2) is 10.2 Å². The summed E-state index contributed by atoms with van der Waals surface area (Å²) in [6.07, 6.45) is 0. The molecule has 2 aromatic rings. The van der Waals surface area contributed by atoms with Crippen LogP contribution in [0.3, 0.4) is 0 Å². The van der Waals surface area contributed by atoms with Crippen molar-refractivity contribution in [3.63, 3.8) is 0 Å². The molecule has 1 aromatic carbocycles. The molecule has 0 saturated heterocycles. The van der Waals surface area contributed by atoms with Crippen molar-refractivity contribution in [1.82, 2.24) is 10.2 Å². The first kappa shape index (κ1) is 14.0. The lowest BCUT2D eigenvalue weighted by Crippen LogP contribution is -1.96. The molecule has 5 nitrogen and oxygen atoms in total. The van der Waals surface area contributed by atoms with E-state index in [2.05, 4.69) is 15.5 Å². The molecule has 0 aliphatic rings. The van der Waals surface area contributed by atoms with Gasteiger partial charge in [-0.25, -0.2) is 4.39 Å². The summed E-state index contributed by atoms with van der Waals surface area (Å²) in [5, 5.41) is 19.2. The lowest BCUT2D eigenvalue weighted by atomic mass is 10.3. The highest BCUT2D eigenvalue weighted by Gasteiger charge is 2.10. The smallest absolute Gasteiger partial charge is 0.313 e. The summed E-state index contributed by atoms with van der Waals surface area (Å²) in [4.78, 5) is 10.4. The molecule has 2 N–H and O–H groups in total. The number of thioether (sulfide) groups is 1. The van der Waals surface area contributed by atoms with Crippen LogP contribution in [0.1, 0.15) is 0 Å². The molecule has 0 atom stereocenters. The molecule has 0 unspecified atom stereocenters. The van der Waals surface area contributed by atoms with Crippen molar-refractivity contribution in [3.8, 4) is 0 Å². The largest absolute Gasteiger partial charge is 0.481 e. The van der Waals surface area contributed by atoms with Gasteiger partial charge in [-0.2, -0.15) is 0 Å². The molecular weight excluding hydrogens is 313 g/mol. The third-order valence-electron chi connectivity index (χ3n) is 1.92. The molecule has 0 saturated carbocycles. The van der Waals surface area contributed by atoms with Gasteiger partial charge in [0.2, 0.25) is 5.13 Å². The van der Waals surface area contributed by atoms with Gasteiger partial charge in [0.25, 0.3) is 0 Å². The molecule has 0 aliphatic carbocycles. The van der Waals surface area contributed by atoms with Gasteiger partial charge in [0.1, 0.15) is 0 Å². The van der Waals surface area contributed by atoms with E-state index in [-0.39, 0.29) is 16.5 Å². The zero-order valence-electron chi connectivity index (χ0n) is 9.26. The zero-order valence-corrected chi connectivity index (χ0v) is 11.7. The second-order valence-corrected chi connectivity index (χ2v) is 5.89. The lowest BCUT2D eigenvalue weighted by Gasteiger charge is -2.03. The molecular formula is C10H7ClFN3O2S2. The zero-order chi connectivity index (χ0) is 13.8. The summed E-state index contributed by atoms with van der Waals surface area (Å²) in [7, 11) is 0. The van der Waals surface area contributed by atoms with Crippen molar-refractivity contribution in [2.75, 3.05) is 11.1 Å². The standard InChI is InChI=1S/C10H7ClFN3O2S2/c11-5-2-1-3-6(8(5)12)13-9-14-15-10(19-9)18-4-7(16)17/h1-3H,4H2,(H,13,14)(H,16,17). The minimum Gasteiger partial charge on any atom is -0.481 e. The van der Waals surface area contributed by atoms with E-state index in [9.17, 15) is 9.18 Å². The van der Waals surface area contributed by atoms with E-state index in [4.69, 9.17) is 16.7 Å². The maximum atomic E-state index is 13.6. The normalized spacial score (nSPS) is 10.4. The van der Waals surface area contributed by atoms with Gasteiger partial charge in [0.05, 0.1) is 16.5 Å². The Hall–Kier alpha value is -1.38. The average molecular weight is 320 g/mol. The van der Waals surface area contributed by atoms with E-state index in [1.807, 2.05) is 0 Å². The third-order valence-corrected chi connectivity index (χ3v) is 4.17. The number of aliphatic carboxylic acids is 1. The van der Waals surface area contributed by atoms with Crippen molar-refractivity contribution >= 4 is 51.5 Å². The minimum atomic E-state index is -0.935. The molecule has 0 aliphatic heterocycles. The Morgan fingerprint density at radius 2 is 2.32 bits per heavy atom. The minimum absolute atomic E-state index is 0.00925. The van der Waals surface area contributed by atoms with Gasteiger partial charge in [-0.3, -0.25) is 4.79 Å². The van der Waals surface area contributed by atoms with Crippen LogP contribution in [0.2, 0.25) is 5.02 Å². The van der Waals surface area contributed by atoms with Crippen molar-refractivity contribution in [2.24, 2.45) is 0 Å². The number of hydrogen-bond acceptors (Lipinski definition) is 6. The summed E-state index contributed by atoms with van der Waals surface area (Å²) in [6.45, 7) is 0. The Kier molecular flexibility index (Phi) is 4.56. The number of benzene rings is 1. The molecule has 1 aromatic heterocycles. The highest BCUT2D eigenvalue weighted by Crippen LogP contribution is 2.30. The number of anilines is 2. The Bertz CT molecular complexity index is 608. The average Bonchev–Trinajstić information content (AvgIpc) is 2.80. The Morgan fingerprint density at radius 1 is 1.53 bits per heavy atom. The van der Waals surface area contributed by atoms with Crippen molar-refractivity contribution < 1.29 is 14.3 Å². The quantitative estimate of drug-likeness (QED) is 0.824. The first-order chi connectivity index (χ1) is 9.06. The molecule has 0 amide bonds. The summed E-state index contributed by atoms with van der Waals surface area (Å²) in [5.41, 5.74) is 0.193. The van der Waals surface area contributed by atoms with Crippen LogP contribution in [-0.4, -0.2) is 27.0 Å². The molecule has 1 heterocycles. The number of nitrogens with zero attached hydrogens (tertiary/aromatic N) is 2. The number of hydrogen-bond donors (Lipinski definition) is 2. The molecule has 0 fully saturated rings. The summed E-state index contributed by atoms with van der Waals surface area (Å²) < 4.78 is 14.1. The van der Waals surface area contributed by atoms with Crippen LogP contribution in [0.25, 0.3) is 0 Å². The number of rotatable bonds is 5. The second kappa shape index (κ2) is 6.18. The number of carboxylic acids is 1. The SMILES string of the molecule is O=C(O)CSc1nnc(Nc2cccc(Cl)c2F)s1. The molecule has 0 radical (unpaired) electrons. The highest BCUT2D eigenvalue weighted by molar-refractivity contribution is 8.01. The van der Waals surface area contributed by atoms with Gasteiger partial charge in [-0.05, 0) is 12.1 Å². The summed E-state index contributed by atoms with van der Waals surface area (Å²) >= 11 is 7.85. The highest BCUT2D eigenvalue weighted by atomic mass is 35.5. The van der Waals surface area contributed by atoms with Gasteiger partial charge in [-0.15, -0.1) is 10.2 Å². The van der Waals surface area contributed by atoms with E-state index in [1.165, 1.54) is 12.1 Å². The first-order valence-electron chi connectivity index (χ1n) is 4.95. The van der Waals surface area contributed by atoms with Crippen molar-refractivity contribution in [1.29, 1.82) is 0 Å². The monoisotopic (exact) mass is 319 g/mol. The van der Waals surface area contributed by atoms with Gasteiger partial charge >= 0.3 is 5.97 Å². The van der Waals surface area contributed by atoms with Crippen LogP contribution in [-0.2, 0) is 4.79 Å². The van der Waals surface area contributed by atoms with Crippen LogP contribution in [0, 0.1) is 5.82 Å². The molecule has 19 heavy (non-hydrogen) atoms. The van der Waals surface area contributed by atoms with Crippen LogP contribution in [0.15, 0.2) is 22.5 Å². The van der Waals surface area contributed by atoms with E-state index >= 15 is 0 Å². The fraction of sp³-hybridized carbons (Fsp3) is 0.100. The van der Waals surface area contributed by atoms with E-state index < -0.39 is 11.8 Å². The third kappa shape index (κ3) is 3.79. The summed E-state index contributed by atoms with van der Waals surface area (Å²) in [5.74, 6) is -1.60. The number of halogens is 2. The maximum Gasteiger partial charge on any atom is 0.313 e. The Balaban J connectivity index is 2.07. The van der Waals surface area contributed by atoms with Crippen LogP contribution < -0.4 is 5.32 Å². The number of nitrogens with one attached hydrogen (secondary N) is 1. The number of carboxylic acid groups (broad SMARTS) is 1. The van der Waals surface area contributed by atoms with Gasteiger partial charge < -0.3 is 10.4 Å². The van der Waals surface area contributed by atoms with E-state index in [1.54, 1.807) is 6.07 Å². The topological polar surface area (TPSA) is 75.1 Å². The number of carbonyl (C=O) groups is 1. The second-order valence-electron chi connectivity index (χ2n) is 3.28. The van der Waals surface area contributed by atoms with E-state index in [0.717, 1.165) is 23.1 Å². The number of aromatic nitrogens is 2. The molecule has 100 valence electrons. The molecule has 0 spiro atoms. The lowest BCUT2D eigenvalue weighted by molar-refractivity contribution is -0.133. The molecule has 9 heteroatoms. The van der Waals surface area contributed by atoms with Gasteiger partial charge in [-0.1, -0.05) is 40.8 Å². The fourth-order valence-corrected chi connectivity index (χ4v) is 2.82. The van der Waals surface area contributed by atoms with Crippen molar-refractivity contribution in [2.45, 2.75) is 4.34 Å². The predicted octanol–water partition coefficient (Wildman–Crippen LogP) is 3.25. The van der Waals surface area contributed by atoms with Crippen LogP contribution >= 0.6 is 34.7 Å². The predicted molar refractivity (Wildman–Crippen MR) is 73.0 cm³/mol. The van der Waals surface area contributed by atoms with E-state index in [0.29, 0.717) is 9.47 Å².